The van der Waals surface area contributed by atoms with Crippen molar-refractivity contribution in [2.45, 2.75) is 64.8 Å². The summed E-state index contributed by atoms with van der Waals surface area (Å²) in [6, 6.07) is 68.9. The minimum atomic E-state index is -0.818. The fourth-order valence-corrected chi connectivity index (χ4v) is 12.9. The summed E-state index contributed by atoms with van der Waals surface area (Å²) in [7, 11) is 2.06. The second-order valence-electron chi connectivity index (χ2n) is 20.6. The third-order valence-electron chi connectivity index (χ3n) is 15.9. The van der Waals surface area contributed by atoms with Crippen LogP contribution in [0.2, 0.25) is 0 Å². The summed E-state index contributed by atoms with van der Waals surface area (Å²) in [6.07, 6.45) is 9.98. The maximum Gasteiger partial charge on any atom is 0.204 e. The molecule has 0 amide bonds. The molecule has 0 N–H and O–H groups in total. The van der Waals surface area contributed by atoms with Crippen molar-refractivity contribution in [3.8, 4) is 33.4 Å². The molecule has 0 fully saturated rings. The number of fused-ring (bicyclic) bond motifs is 9. The molecule has 4 heteroatoms. The molecule has 0 atom stereocenters. The summed E-state index contributed by atoms with van der Waals surface area (Å²) in [5.41, 5.74) is 26.3. The zero-order chi connectivity index (χ0) is 47.8. The average Bonchev–Trinajstić information content (AvgIpc) is 4.07. The monoisotopic (exact) mass is 1090 g/mol. The van der Waals surface area contributed by atoms with Crippen LogP contribution in [0.4, 0.5) is 0 Å². The van der Waals surface area contributed by atoms with Gasteiger partial charge in [-0.3, -0.25) is 4.98 Å². The van der Waals surface area contributed by atoms with Gasteiger partial charge in [-0.25, -0.2) is 0 Å². The van der Waals surface area contributed by atoms with E-state index in [1.165, 1.54) is 106 Å². The number of pyridine rings is 1. The average molecular weight is 1100 g/mol. The molecule has 0 aliphatic heterocycles. The van der Waals surface area contributed by atoms with Crippen LogP contribution in [-0.2, 0) is 44.5 Å². The Labute approximate surface area is 432 Å². The van der Waals surface area contributed by atoms with E-state index in [1.807, 2.05) is 10.8 Å². The van der Waals surface area contributed by atoms with Crippen LogP contribution in [0.5, 0.6) is 0 Å². The third kappa shape index (κ3) is 6.18. The van der Waals surface area contributed by atoms with Gasteiger partial charge in [-0.2, -0.15) is 48.5 Å². The number of hydrogen-bond acceptors (Lipinski definition) is 1. The van der Waals surface area contributed by atoms with Crippen molar-refractivity contribution in [3.05, 3.63) is 295 Å². The van der Waals surface area contributed by atoms with Gasteiger partial charge in [0.25, 0.3) is 0 Å². The normalized spacial score (nSPS) is 14.7. The summed E-state index contributed by atoms with van der Waals surface area (Å²) in [6.45, 7) is 15.4. The fraction of sp³-hybridized carbons (Fsp3) is 0.164. The number of aromatic nitrogens is 3. The molecule has 2 aromatic heterocycles. The second-order valence-corrected chi connectivity index (χ2v) is 20.6. The van der Waals surface area contributed by atoms with Crippen molar-refractivity contribution in [2.75, 3.05) is 0 Å². The van der Waals surface area contributed by atoms with Gasteiger partial charge < -0.3 is 9.13 Å². The molecule has 10 aromatic rings. The van der Waals surface area contributed by atoms with Crippen molar-refractivity contribution in [3.63, 3.8) is 0 Å². The van der Waals surface area contributed by atoms with Gasteiger partial charge in [0.1, 0.15) is 5.54 Å². The van der Waals surface area contributed by atoms with E-state index in [1.54, 1.807) is 0 Å². The topological polar surface area (TPSA) is 21.7 Å². The van der Waals surface area contributed by atoms with Crippen LogP contribution < -0.4 is 4.57 Å². The summed E-state index contributed by atoms with van der Waals surface area (Å²) < 4.78 is 4.32. The molecule has 3 aliphatic carbocycles. The van der Waals surface area contributed by atoms with E-state index in [4.69, 9.17) is 4.98 Å². The Hall–Kier alpha value is -7.19. The first-order chi connectivity index (χ1) is 33.9. The summed E-state index contributed by atoms with van der Waals surface area (Å²) in [5.74, 6) is 0. The van der Waals surface area contributed by atoms with Gasteiger partial charge in [0.2, 0.25) is 6.33 Å². The molecule has 0 radical (unpaired) electrons. The van der Waals surface area contributed by atoms with E-state index in [0.717, 1.165) is 27.9 Å². The second kappa shape index (κ2) is 16.2. The van der Waals surface area contributed by atoms with E-state index in [0.29, 0.717) is 0 Å². The van der Waals surface area contributed by atoms with Gasteiger partial charge in [0.05, 0.1) is 18.2 Å². The Morgan fingerprint density at radius 2 is 0.761 bits per heavy atom. The zero-order valence-corrected chi connectivity index (χ0v) is 43.7. The minimum absolute atomic E-state index is 0. The van der Waals surface area contributed by atoms with Gasteiger partial charge in [0, 0.05) is 43.8 Å². The Morgan fingerprint density at radius 3 is 1.17 bits per heavy atom. The minimum Gasteiger partial charge on any atom is -0.354 e. The van der Waals surface area contributed by atoms with Crippen LogP contribution in [0.15, 0.2) is 176 Å². The van der Waals surface area contributed by atoms with Gasteiger partial charge in [-0.15, -0.1) is 22.3 Å². The maximum atomic E-state index is 5.32. The molecule has 0 saturated carbocycles. The SMILES string of the molecule is Cc1ccnc(C2(c3[c-]c(C4(c5[c-]c(C6(n7[c-][n+](C)cc7)c7ccc(C)cc7-c7cc(C)ccc76)ccc5)c5ccc(C)cc5-c5cc(C)ccc54)ccc3)c3ccc(C)cc3-c3cc(C)ccc32)c1.[Pt]. The first-order valence-electron chi connectivity index (χ1n) is 24.6. The molecule has 2 heterocycles. The van der Waals surface area contributed by atoms with Crippen molar-refractivity contribution < 1.29 is 25.6 Å². The maximum absolute atomic E-state index is 5.32. The smallest absolute Gasteiger partial charge is 0.204 e. The van der Waals surface area contributed by atoms with Crippen LogP contribution in [-0.4, -0.2) is 9.55 Å². The van der Waals surface area contributed by atoms with Crippen LogP contribution in [0, 0.1) is 66.9 Å². The van der Waals surface area contributed by atoms with Gasteiger partial charge in [0.15, 0.2) is 0 Å². The van der Waals surface area contributed by atoms with E-state index in [9.17, 15) is 0 Å². The zero-order valence-electron chi connectivity index (χ0n) is 41.4. The molecular weight excluding hydrogens is 1040 g/mol. The fourth-order valence-electron chi connectivity index (χ4n) is 12.9. The predicted molar refractivity (Wildman–Crippen MR) is 281 cm³/mol. The van der Waals surface area contributed by atoms with Crippen molar-refractivity contribution >= 4 is 0 Å². The molecule has 0 bridgehead atoms. The number of benzene rings is 8. The van der Waals surface area contributed by atoms with Crippen LogP contribution in [0.25, 0.3) is 33.4 Å². The molecule has 71 heavy (non-hydrogen) atoms. The summed E-state index contributed by atoms with van der Waals surface area (Å²) >= 11 is 0. The number of hydrogen-bond donors (Lipinski definition) is 0. The predicted octanol–water partition coefficient (Wildman–Crippen LogP) is 13.8. The Bertz CT molecular complexity index is 3690. The first-order valence-corrected chi connectivity index (χ1v) is 24.6. The molecule has 3 aliphatic rings. The molecule has 348 valence electrons. The van der Waals surface area contributed by atoms with Crippen LogP contribution in [0.3, 0.4) is 0 Å². The Balaban J connectivity index is 0.00000517. The molecule has 8 aromatic carbocycles. The van der Waals surface area contributed by atoms with Crippen molar-refractivity contribution in [1.82, 2.24) is 9.55 Å². The Kier molecular flexibility index (Phi) is 10.2. The van der Waals surface area contributed by atoms with Crippen LogP contribution >= 0.6 is 0 Å². The third-order valence-corrected chi connectivity index (χ3v) is 15.9. The quantitative estimate of drug-likeness (QED) is 0.120. The molecular formula is C67H53N3Pt-2. The van der Waals surface area contributed by atoms with Crippen molar-refractivity contribution in [1.29, 1.82) is 0 Å². The largest absolute Gasteiger partial charge is 0.354 e. The molecule has 3 nitrogen and oxygen atoms in total. The van der Waals surface area contributed by atoms with E-state index in [-0.39, 0.29) is 21.1 Å². The van der Waals surface area contributed by atoms with Crippen LogP contribution in [0.1, 0.15) is 100 Å². The van der Waals surface area contributed by atoms with Gasteiger partial charge in [-0.1, -0.05) is 143 Å². The molecule has 0 unspecified atom stereocenters. The van der Waals surface area contributed by atoms with E-state index >= 15 is 0 Å². The summed E-state index contributed by atoms with van der Waals surface area (Å²) in [4.78, 5) is 5.32. The van der Waals surface area contributed by atoms with Gasteiger partial charge >= 0.3 is 0 Å². The number of rotatable bonds is 6. The number of nitrogens with zero attached hydrogens (tertiary/aromatic N) is 3. The summed E-state index contributed by atoms with van der Waals surface area (Å²) in [5, 5.41) is 0. The molecule has 0 spiro atoms. The number of imidazole rings is 1. The van der Waals surface area contributed by atoms with E-state index in [2.05, 4.69) is 249 Å². The Morgan fingerprint density at radius 1 is 0.408 bits per heavy atom. The van der Waals surface area contributed by atoms with Crippen molar-refractivity contribution in [2.24, 2.45) is 7.05 Å². The van der Waals surface area contributed by atoms with Gasteiger partial charge in [-0.05, 0) is 134 Å². The molecule has 0 saturated heterocycles. The molecule has 13 rings (SSSR count). The number of aryl methyl sites for hydroxylation is 8. The van der Waals surface area contributed by atoms with E-state index < -0.39 is 16.4 Å². The standard InChI is InChI=1S/C67H53N3.Pt/c1-41-15-21-58-52(31-41)53-32-42(2)16-22-59(53)65(58,49-12-10-14-51(39-49)67(70-30-29-69(8)40-70)62-25-19-45(5)35-56(62)57-36-46(6)20-26-63(57)67)48-11-9-13-50(38-48)66(64-37-47(7)27-28-68-64)60-23-17-43(3)33-54(60)55-34-44(4)18-24-61(55)66;/h9-37H,1-8H3;/q-2;. The first kappa shape index (κ1) is 45.0.